The number of nitrogens with zero attached hydrogens (tertiary/aromatic N) is 2. The number of fused-ring (bicyclic) bond motifs is 1. The molecule has 2 aromatic rings. The lowest BCUT2D eigenvalue weighted by molar-refractivity contribution is -0.134. The van der Waals surface area contributed by atoms with Gasteiger partial charge in [0.15, 0.2) is 0 Å². The highest BCUT2D eigenvalue weighted by molar-refractivity contribution is 6.01. The van der Waals surface area contributed by atoms with Gasteiger partial charge in [0.05, 0.1) is 17.6 Å². The van der Waals surface area contributed by atoms with E-state index >= 15 is 0 Å². The van der Waals surface area contributed by atoms with E-state index in [1.165, 1.54) is 0 Å². The van der Waals surface area contributed by atoms with E-state index in [2.05, 4.69) is 10.4 Å². The van der Waals surface area contributed by atoms with E-state index in [1.54, 1.807) is 10.7 Å². The number of pyridine rings is 1. The molecule has 3 rings (SSSR count). The third-order valence-corrected chi connectivity index (χ3v) is 3.07. The Morgan fingerprint density at radius 3 is 3.06 bits per heavy atom. The van der Waals surface area contributed by atoms with Gasteiger partial charge in [-0.1, -0.05) is 6.07 Å². The highest BCUT2D eigenvalue weighted by atomic mass is 16.2. The van der Waals surface area contributed by atoms with Crippen molar-refractivity contribution in [3.63, 3.8) is 0 Å². The fraction of sp³-hybridized carbons (Fsp3) is 0.250. The van der Waals surface area contributed by atoms with Crippen molar-refractivity contribution >= 4 is 17.3 Å². The quantitative estimate of drug-likeness (QED) is 0.737. The zero-order valence-electron chi connectivity index (χ0n) is 9.09. The summed E-state index contributed by atoms with van der Waals surface area (Å²) in [6, 6.07) is 5.71. The summed E-state index contributed by atoms with van der Waals surface area (Å²) in [6.45, 7) is 0. The second kappa shape index (κ2) is 3.69. The molecule has 1 atom stereocenters. The van der Waals surface area contributed by atoms with Gasteiger partial charge in [-0.15, -0.1) is 0 Å². The minimum Gasteiger partial charge on any atom is -0.296 e. The lowest BCUT2D eigenvalue weighted by atomic mass is 9.91. The van der Waals surface area contributed by atoms with E-state index in [0.29, 0.717) is 12.8 Å². The summed E-state index contributed by atoms with van der Waals surface area (Å²) in [5, 5.41) is 6.57. The molecule has 5 nitrogen and oxygen atoms in total. The molecule has 0 aromatic carbocycles. The summed E-state index contributed by atoms with van der Waals surface area (Å²) in [5.41, 5.74) is 1.80. The average Bonchev–Trinajstić information content (AvgIpc) is 2.73. The Bertz CT molecular complexity index is 603. The lowest BCUT2D eigenvalue weighted by Crippen LogP contribution is -2.39. The summed E-state index contributed by atoms with van der Waals surface area (Å²) >= 11 is 0. The van der Waals surface area contributed by atoms with Crippen LogP contribution in [0.5, 0.6) is 0 Å². The molecule has 5 heteroatoms. The van der Waals surface area contributed by atoms with Crippen LogP contribution in [0.25, 0.3) is 5.52 Å². The summed E-state index contributed by atoms with van der Waals surface area (Å²) in [5.74, 6) is -0.685. The number of rotatable bonds is 1. The van der Waals surface area contributed by atoms with Gasteiger partial charge in [0.25, 0.3) is 0 Å². The van der Waals surface area contributed by atoms with E-state index in [1.807, 2.05) is 24.4 Å². The first kappa shape index (κ1) is 10.0. The zero-order valence-corrected chi connectivity index (χ0v) is 9.09. The van der Waals surface area contributed by atoms with Crippen LogP contribution in [0.4, 0.5) is 0 Å². The van der Waals surface area contributed by atoms with Gasteiger partial charge in [-0.3, -0.25) is 14.9 Å². The molecule has 1 aliphatic heterocycles. The van der Waals surface area contributed by atoms with E-state index in [0.717, 1.165) is 11.1 Å². The van der Waals surface area contributed by atoms with Crippen molar-refractivity contribution < 1.29 is 9.59 Å². The normalized spacial score (nSPS) is 20.6. The number of carbonyl (C=O) groups is 2. The zero-order chi connectivity index (χ0) is 11.8. The smallest absolute Gasteiger partial charge is 0.234 e. The number of aromatic nitrogens is 2. The van der Waals surface area contributed by atoms with Crippen molar-refractivity contribution in [2.45, 2.75) is 18.8 Å². The van der Waals surface area contributed by atoms with Crippen LogP contribution in [0, 0.1) is 0 Å². The predicted octanol–water partition coefficient (Wildman–Crippen LogP) is 0.854. The van der Waals surface area contributed by atoms with E-state index in [4.69, 9.17) is 0 Å². The van der Waals surface area contributed by atoms with Crippen molar-refractivity contribution in [3.8, 4) is 0 Å². The molecule has 1 fully saturated rings. The summed E-state index contributed by atoms with van der Waals surface area (Å²) in [4.78, 5) is 22.9. The Hall–Kier alpha value is -2.17. The second-order valence-electron chi connectivity index (χ2n) is 4.13. The summed E-state index contributed by atoms with van der Waals surface area (Å²) in [6.07, 6.45) is 4.49. The molecule has 0 radical (unpaired) electrons. The monoisotopic (exact) mass is 229 g/mol. The minimum absolute atomic E-state index is 0.192. The maximum Gasteiger partial charge on any atom is 0.234 e. The Kier molecular flexibility index (Phi) is 2.18. The van der Waals surface area contributed by atoms with E-state index < -0.39 is 0 Å². The van der Waals surface area contributed by atoms with Crippen LogP contribution in [0.3, 0.4) is 0 Å². The molecule has 1 unspecified atom stereocenters. The first-order chi connectivity index (χ1) is 8.25. The molecule has 2 aromatic heterocycles. The third kappa shape index (κ3) is 1.60. The number of carbonyl (C=O) groups excluding carboxylic acids is 2. The van der Waals surface area contributed by atoms with Gasteiger partial charge in [0.1, 0.15) is 0 Å². The fourth-order valence-corrected chi connectivity index (χ4v) is 2.21. The van der Waals surface area contributed by atoms with Crippen molar-refractivity contribution in [3.05, 3.63) is 36.2 Å². The van der Waals surface area contributed by atoms with Crippen molar-refractivity contribution in [2.24, 2.45) is 0 Å². The van der Waals surface area contributed by atoms with Crippen molar-refractivity contribution in [2.75, 3.05) is 0 Å². The number of amides is 2. The molecular formula is C12H11N3O2. The van der Waals surface area contributed by atoms with Gasteiger partial charge in [0, 0.05) is 18.2 Å². The largest absolute Gasteiger partial charge is 0.296 e. The van der Waals surface area contributed by atoms with Gasteiger partial charge >= 0.3 is 0 Å². The molecule has 1 N–H and O–H groups in total. The van der Waals surface area contributed by atoms with Crippen LogP contribution in [-0.4, -0.2) is 21.4 Å². The van der Waals surface area contributed by atoms with Gasteiger partial charge in [-0.2, -0.15) is 5.10 Å². The standard InChI is InChI=1S/C12H11N3O2/c16-11-5-4-8(12(17)14-11)9-7-13-15-6-2-1-3-10(9)15/h1-3,6-8H,4-5H2,(H,14,16,17). The first-order valence-corrected chi connectivity index (χ1v) is 5.51. The number of nitrogens with one attached hydrogen (secondary N) is 1. The fourth-order valence-electron chi connectivity index (χ4n) is 2.21. The van der Waals surface area contributed by atoms with Gasteiger partial charge in [-0.25, -0.2) is 4.52 Å². The van der Waals surface area contributed by atoms with Gasteiger partial charge < -0.3 is 0 Å². The van der Waals surface area contributed by atoms with Crippen molar-refractivity contribution in [1.29, 1.82) is 0 Å². The molecule has 0 spiro atoms. The Balaban J connectivity index is 2.04. The molecule has 0 bridgehead atoms. The Labute approximate surface area is 97.4 Å². The van der Waals surface area contributed by atoms with Crippen molar-refractivity contribution in [1.82, 2.24) is 14.9 Å². The first-order valence-electron chi connectivity index (χ1n) is 5.51. The van der Waals surface area contributed by atoms with Gasteiger partial charge in [0.2, 0.25) is 11.8 Å². The highest BCUT2D eigenvalue weighted by Gasteiger charge is 2.29. The SMILES string of the molecule is O=C1CCC(c2cnn3ccccc23)C(=O)N1. The molecule has 86 valence electrons. The molecule has 2 amide bonds. The Morgan fingerprint density at radius 2 is 2.24 bits per heavy atom. The maximum atomic E-state index is 11.8. The summed E-state index contributed by atoms with van der Waals surface area (Å²) in [7, 11) is 0. The van der Waals surface area contributed by atoms with Crippen LogP contribution >= 0.6 is 0 Å². The number of imide groups is 1. The van der Waals surface area contributed by atoms with Gasteiger partial charge in [-0.05, 0) is 18.6 Å². The topological polar surface area (TPSA) is 63.5 Å². The Morgan fingerprint density at radius 1 is 1.35 bits per heavy atom. The van der Waals surface area contributed by atoms with E-state index in [-0.39, 0.29) is 17.7 Å². The van der Waals surface area contributed by atoms with Crippen LogP contribution in [0.1, 0.15) is 24.3 Å². The van der Waals surface area contributed by atoms with Crippen LogP contribution < -0.4 is 5.32 Å². The number of hydrogen-bond acceptors (Lipinski definition) is 3. The minimum atomic E-state index is -0.271. The second-order valence-corrected chi connectivity index (χ2v) is 4.13. The van der Waals surface area contributed by atoms with Crippen LogP contribution in [0.2, 0.25) is 0 Å². The maximum absolute atomic E-state index is 11.8. The average molecular weight is 229 g/mol. The van der Waals surface area contributed by atoms with Crippen LogP contribution in [-0.2, 0) is 9.59 Å². The highest BCUT2D eigenvalue weighted by Crippen LogP contribution is 2.27. The molecule has 3 heterocycles. The number of hydrogen-bond donors (Lipinski definition) is 1. The molecular weight excluding hydrogens is 218 g/mol. The van der Waals surface area contributed by atoms with Crippen LogP contribution in [0.15, 0.2) is 30.6 Å². The molecule has 17 heavy (non-hydrogen) atoms. The molecule has 1 saturated heterocycles. The lowest BCUT2D eigenvalue weighted by Gasteiger charge is -2.19. The predicted molar refractivity (Wildman–Crippen MR) is 60.3 cm³/mol. The van der Waals surface area contributed by atoms with E-state index in [9.17, 15) is 9.59 Å². The number of piperidine rings is 1. The molecule has 0 aliphatic carbocycles. The third-order valence-electron chi connectivity index (χ3n) is 3.07. The molecule has 0 saturated carbocycles. The molecule has 1 aliphatic rings. The summed E-state index contributed by atoms with van der Waals surface area (Å²) < 4.78 is 1.74.